The van der Waals surface area contributed by atoms with Crippen molar-refractivity contribution in [1.82, 2.24) is 0 Å². The van der Waals surface area contributed by atoms with E-state index in [1.807, 2.05) is 6.92 Å². The van der Waals surface area contributed by atoms with Gasteiger partial charge >= 0.3 is 0 Å². The first-order chi connectivity index (χ1) is 6.27. The van der Waals surface area contributed by atoms with E-state index in [0.717, 1.165) is 18.7 Å². The number of nitrogens with zero attached hydrogens (tertiary/aromatic N) is 1. The van der Waals surface area contributed by atoms with Crippen LogP contribution in [0.4, 0.5) is 5.69 Å². The van der Waals surface area contributed by atoms with Crippen LogP contribution in [0.15, 0.2) is 24.3 Å². The van der Waals surface area contributed by atoms with Gasteiger partial charge < -0.3 is 5.01 Å². The third-order valence-corrected chi connectivity index (χ3v) is 2.15. The molecule has 0 aliphatic heterocycles. The Hall–Kier alpha value is -1.02. The van der Waals surface area contributed by atoms with E-state index in [-0.39, 0.29) is 0 Å². The molecule has 0 fully saturated rings. The largest absolute Gasteiger partial charge is 0.311 e. The lowest BCUT2D eigenvalue weighted by molar-refractivity contribution is 0.886. The van der Waals surface area contributed by atoms with Crippen molar-refractivity contribution in [3.63, 3.8) is 0 Å². The predicted octanol–water partition coefficient (Wildman–Crippen LogP) is 2.34. The van der Waals surface area contributed by atoms with E-state index in [9.17, 15) is 0 Å². The Kier molecular flexibility index (Phi) is 3.77. The minimum Gasteiger partial charge on any atom is -0.311 e. The molecule has 2 nitrogen and oxygen atoms in total. The normalized spacial score (nSPS) is 10.1. The molecule has 13 heavy (non-hydrogen) atoms. The molecule has 0 spiro atoms. The highest BCUT2D eigenvalue weighted by Gasteiger charge is 1.97. The lowest BCUT2D eigenvalue weighted by Crippen LogP contribution is -2.30. The Balaban J connectivity index is 2.69. The van der Waals surface area contributed by atoms with Crippen molar-refractivity contribution in [2.75, 3.05) is 11.6 Å². The molecular formula is C11H18N2. The summed E-state index contributed by atoms with van der Waals surface area (Å²) in [6.07, 6.45) is 2.34. The molecule has 1 aromatic carbocycles. The van der Waals surface area contributed by atoms with Gasteiger partial charge in [-0.05, 0) is 31.0 Å². The first-order valence-corrected chi connectivity index (χ1v) is 4.89. The van der Waals surface area contributed by atoms with Gasteiger partial charge in [0.2, 0.25) is 0 Å². The molecule has 0 aromatic heterocycles. The summed E-state index contributed by atoms with van der Waals surface area (Å²) in [4.78, 5) is 0. The minimum atomic E-state index is 0.840. The standard InChI is InChI=1S/C11H18N2/c1-3-5-10-6-8-11(9-7-10)13(12)4-2/h6-9H,3-5,12H2,1-2H3. The van der Waals surface area contributed by atoms with E-state index >= 15 is 0 Å². The van der Waals surface area contributed by atoms with Crippen LogP contribution in [0, 0.1) is 0 Å². The molecule has 0 bridgehead atoms. The molecule has 0 atom stereocenters. The van der Waals surface area contributed by atoms with Crippen LogP contribution >= 0.6 is 0 Å². The Morgan fingerprint density at radius 2 is 1.77 bits per heavy atom. The van der Waals surface area contributed by atoms with E-state index in [1.54, 1.807) is 5.01 Å². The van der Waals surface area contributed by atoms with Crippen molar-refractivity contribution in [2.45, 2.75) is 26.7 Å². The Morgan fingerprint density at radius 1 is 1.15 bits per heavy atom. The quantitative estimate of drug-likeness (QED) is 0.566. The number of rotatable bonds is 4. The molecule has 1 aromatic rings. The van der Waals surface area contributed by atoms with Crippen LogP contribution in [-0.4, -0.2) is 6.54 Å². The second-order valence-corrected chi connectivity index (χ2v) is 3.20. The van der Waals surface area contributed by atoms with Crippen molar-refractivity contribution in [3.05, 3.63) is 29.8 Å². The maximum atomic E-state index is 5.75. The maximum absolute atomic E-state index is 5.75. The number of anilines is 1. The number of nitrogens with two attached hydrogens (primary N) is 1. The highest BCUT2D eigenvalue weighted by atomic mass is 15.4. The summed E-state index contributed by atoms with van der Waals surface area (Å²) in [5, 5.41) is 1.75. The summed E-state index contributed by atoms with van der Waals surface area (Å²) >= 11 is 0. The molecule has 0 heterocycles. The van der Waals surface area contributed by atoms with Gasteiger partial charge in [0.05, 0.1) is 5.69 Å². The van der Waals surface area contributed by atoms with Crippen molar-refractivity contribution in [2.24, 2.45) is 5.84 Å². The van der Waals surface area contributed by atoms with Gasteiger partial charge in [-0.1, -0.05) is 25.5 Å². The third-order valence-electron chi connectivity index (χ3n) is 2.15. The van der Waals surface area contributed by atoms with Crippen molar-refractivity contribution in [3.8, 4) is 0 Å². The zero-order valence-corrected chi connectivity index (χ0v) is 8.46. The van der Waals surface area contributed by atoms with Gasteiger partial charge in [-0.25, -0.2) is 5.84 Å². The summed E-state index contributed by atoms with van der Waals surface area (Å²) in [6, 6.07) is 8.45. The van der Waals surface area contributed by atoms with Gasteiger partial charge in [0, 0.05) is 6.54 Å². The molecule has 0 saturated carbocycles. The van der Waals surface area contributed by atoms with Crippen LogP contribution in [0.25, 0.3) is 0 Å². The molecular weight excluding hydrogens is 160 g/mol. The number of hydrogen-bond donors (Lipinski definition) is 1. The monoisotopic (exact) mass is 178 g/mol. The molecule has 2 N–H and O–H groups in total. The van der Waals surface area contributed by atoms with Gasteiger partial charge in [-0.15, -0.1) is 0 Å². The van der Waals surface area contributed by atoms with Crippen LogP contribution in [0.3, 0.4) is 0 Å². The molecule has 2 heteroatoms. The van der Waals surface area contributed by atoms with Crippen LogP contribution in [0.5, 0.6) is 0 Å². The average molecular weight is 178 g/mol. The first-order valence-electron chi connectivity index (χ1n) is 4.89. The van der Waals surface area contributed by atoms with Gasteiger partial charge in [-0.2, -0.15) is 0 Å². The predicted molar refractivity (Wildman–Crippen MR) is 57.6 cm³/mol. The smallest absolute Gasteiger partial charge is 0.0517 e. The number of hydrazine groups is 1. The second kappa shape index (κ2) is 4.87. The lowest BCUT2D eigenvalue weighted by Gasteiger charge is -2.16. The van der Waals surface area contributed by atoms with E-state index in [4.69, 9.17) is 5.84 Å². The van der Waals surface area contributed by atoms with Gasteiger partial charge in [0.25, 0.3) is 0 Å². The lowest BCUT2D eigenvalue weighted by atomic mass is 10.1. The van der Waals surface area contributed by atoms with Gasteiger partial charge in [-0.3, -0.25) is 0 Å². The van der Waals surface area contributed by atoms with Crippen LogP contribution in [-0.2, 0) is 6.42 Å². The summed E-state index contributed by atoms with van der Waals surface area (Å²) in [7, 11) is 0. The summed E-state index contributed by atoms with van der Waals surface area (Å²) in [6.45, 7) is 5.07. The summed E-state index contributed by atoms with van der Waals surface area (Å²) < 4.78 is 0. The van der Waals surface area contributed by atoms with Gasteiger partial charge in [0.1, 0.15) is 0 Å². The van der Waals surface area contributed by atoms with E-state index in [2.05, 4.69) is 31.2 Å². The van der Waals surface area contributed by atoms with E-state index < -0.39 is 0 Å². The second-order valence-electron chi connectivity index (χ2n) is 3.20. The summed E-state index contributed by atoms with van der Waals surface area (Å²) in [5.41, 5.74) is 2.47. The molecule has 0 saturated heterocycles. The minimum absolute atomic E-state index is 0.840. The van der Waals surface area contributed by atoms with Crippen molar-refractivity contribution >= 4 is 5.69 Å². The molecule has 0 radical (unpaired) electrons. The topological polar surface area (TPSA) is 29.3 Å². The SMILES string of the molecule is CCCc1ccc(N(N)CC)cc1. The highest BCUT2D eigenvalue weighted by Crippen LogP contribution is 2.13. The fraction of sp³-hybridized carbons (Fsp3) is 0.455. The Labute approximate surface area is 80.3 Å². The molecule has 72 valence electrons. The number of benzene rings is 1. The third kappa shape index (κ3) is 2.74. The molecule has 0 aliphatic carbocycles. The molecule has 0 aliphatic rings. The first kappa shape index (κ1) is 10.1. The molecule has 1 rings (SSSR count). The fourth-order valence-corrected chi connectivity index (χ4v) is 1.33. The van der Waals surface area contributed by atoms with E-state index in [0.29, 0.717) is 0 Å². The van der Waals surface area contributed by atoms with Crippen LogP contribution in [0.2, 0.25) is 0 Å². The van der Waals surface area contributed by atoms with Crippen LogP contribution < -0.4 is 10.9 Å². The van der Waals surface area contributed by atoms with Crippen LogP contribution in [0.1, 0.15) is 25.8 Å². The molecule has 0 unspecified atom stereocenters. The van der Waals surface area contributed by atoms with E-state index in [1.165, 1.54) is 12.0 Å². The fourth-order valence-electron chi connectivity index (χ4n) is 1.33. The zero-order chi connectivity index (χ0) is 9.68. The highest BCUT2D eigenvalue weighted by molar-refractivity contribution is 5.45. The zero-order valence-electron chi connectivity index (χ0n) is 8.46. The molecule has 0 amide bonds. The maximum Gasteiger partial charge on any atom is 0.0517 e. The Bertz CT molecular complexity index is 241. The number of aryl methyl sites for hydroxylation is 1. The summed E-state index contributed by atoms with van der Waals surface area (Å²) in [5.74, 6) is 5.75. The Morgan fingerprint density at radius 3 is 2.23 bits per heavy atom. The number of hydrogen-bond acceptors (Lipinski definition) is 2. The van der Waals surface area contributed by atoms with Crippen molar-refractivity contribution in [1.29, 1.82) is 0 Å². The van der Waals surface area contributed by atoms with Gasteiger partial charge in [0.15, 0.2) is 0 Å². The van der Waals surface area contributed by atoms with Crippen molar-refractivity contribution < 1.29 is 0 Å². The average Bonchev–Trinajstić information content (AvgIpc) is 2.18.